The van der Waals surface area contributed by atoms with E-state index in [-0.39, 0.29) is 32.0 Å². The van der Waals surface area contributed by atoms with Gasteiger partial charge in [0.05, 0.1) is 18.3 Å². The summed E-state index contributed by atoms with van der Waals surface area (Å²) < 4.78 is 16.3. The lowest BCUT2D eigenvalue weighted by Gasteiger charge is -2.21. The molecule has 0 radical (unpaired) electrons. The van der Waals surface area contributed by atoms with Crippen molar-refractivity contribution in [3.8, 4) is 17.2 Å². The van der Waals surface area contributed by atoms with Crippen molar-refractivity contribution < 1.29 is 24.1 Å². The maximum absolute atomic E-state index is 12.5. The third-order valence-electron chi connectivity index (χ3n) is 4.44. The predicted octanol–water partition coefficient (Wildman–Crippen LogP) is 1.31. The van der Waals surface area contributed by atoms with Gasteiger partial charge in [0.15, 0.2) is 17.2 Å². The molecule has 3 heterocycles. The Morgan fingerprint density at radius 3 is 3.12 bits per heavy atom. The lowest BCUT2D eigenvalue weighted by Crippen LogP contribution is -2.37. The molecule has 2 N–H and O–H groups in total. The number of carbonyl (C=O) groups is 1. The molecule has 0 spiro atoms. The first-order valence-corrected chi connectivity index (χ1v) is 8.23. The molecule has 8 nitrogen and oxygen atoms in total. The van der Waals surface area contributed by atoms with E-state index < -0.39 is 0 Å². The molecule has 2 aromatic rings. The van der Waals surface area contributed by atoms with Crippen LogP contribution in [0.1, 0.15) is 29.0 Å². The second kappa shape index (κ2) is 6.64. The van der Waals surface area contributed by atoms with Gasteiger partial charge in [-0.25, -0.2) is 0 Å². The first-order valence-electron chi connectivity index (χ1n) is 8.23. The summed E-state index contributed by atoms with van der Waals surface area (Å²) in [5.41, 5.74) is 1.03. The standard InChI is InChI=1S/C17H19N3O5/c21-8-12-2-1-5-20(12)17(22)14-6-11(18-19-14)9-23-13-3-4-15-16(7-13)25-10-24-15/h3-4,6-7,12,21H,1-2,5,8-10H2,(H,18,19)/t12-/m0/s1. The summed E-state index contributed by atoms with van der Waals surface area (Å²) in [4.78, 5) is 14.2. The lowest BCUT2D eigenvalue weighted by atomic mass is 10.2. The summed E-state index contributed by atoms with van der Waals surface area (Å²) in [6, 6.07) is 6.93. The number of H-pyrrole nitrogens is 1. The number of aromatic amines is 1. The quantitative estimate of drug-likeness (QED) is 0.848. The Morgan fingerprint density at radius 2 is 2.24 bits per heavy atom. The topological polar surface area (TPSA) is 96.9 Å². The highest BCUT2D eigenvalue weighted by Gasteiger charge is 2.30. The van der Waals surface area contributed by atoms with Gasteiger partial charge in [-0.2, -0.15) is 5.10 Å². The summed E-state index contributed by atoms with van der Waals surface area (Å²) in [5.74, 6) is 1.83. The van der Waals surface area contributed by atoms with Gasteiger partial charge >= 0.3 is 0 Å². The molecule has 132 valence electrons. The number of likely N-dealkylation sites (tertiary alicyclic amines) is 1. The number of nitrogens with zero attached hydrogens (tertiary/aromatic N) is 2. The first-order chi connectivity index (χ1) is 12.2. The number of aliphatic hydroxyl groups excluding tert-OH is 1. The number of carbonyl (C=O) groups excluding carboxylic acids is 1. The molecule has 25 heavy (non-hydrogen) atoms. The zero-order valence-corrected chi connectivity index (χ0v) is 13.6. The maximum atomic E-state index is 12.5. The first kappa shape index (κ1) is 15.8. The van der Waals surface area contributed by atoms with Crippen molar-refractivity contribution in [1.82, 2.24) is 15.1 Å². The van der Waals surface area contributed by atoms with Gasteiger partial charge in [0, 0.05) is 12.6 Å². The van der Waals surface area contributed by atoms with Crippen molar-refractivity contribution in [3.63, 3.8) is 0 Å². The van der Waals surface area contributed by atoms with E-state index in [2.05, 4.69) is 10.2 Å². The Labute approximate surface area is 144 Å². The average Bonchev–Trinajstić information content (AvgIpc) is 3.38. The number of benzene rings is 1. The fourth-order valence-electron chi connectivity index (χ4n) is 3.11. The van der Waals surface area contributed by atoms with Crippen LogP contribution in [-0.2, 0) is 6.61 Å². The van der Waals surface area contributed by atoms with Crippen molar-refractivity contribution in [2.24, 2.45) is 0 Å². The number of rotatable bonds is 5. The van der Waals surface area contributed by atoms with Gasteiger partial charge in [-0.1, -0.05) is 0 Å². The monoisotopic (exact) mass is 345 g/mol. The van der Waals surface area contributed by atoms with Gasteiger partial charge in [0.25, 0.3) is 5.91 Å². The van der Waals surface area contributed by atoms with Crippen LogP contribution in [0.25, 0.3) is 0 Å². The Kier molecular flexibility index (Phi) is 4.19. The van der Waals surface area contributed by atoms with E-state index in [4.69, 9.17) is 14.2 Å². The lowest BCUT2D eigenvalue weighted by molar-refractivity contribution is 0.0671. The molecule has 8 heteroatoms. The van der Waals surface area contributed by atoms with E-state index >= 15 is 0 Å². The third kappa shape index (κ3) is 3.12. The molecule has 1 amide bonds. The van der Waals surface area contributed by atoms with E-state index in [1.165, 1.54) is 0 Å². The second-order valence-corrected chi connectivity index (χ2v) is 6.06. The molecular weight excluding hydrogens is 326 g/mol. The molecule has 1 saturated heterocycles. The summed E-state index contributed by atoms with van der Waals surface area (Å²) in [6.45, 7) is 1.11. The van der Waals surface area contributed by atoms with Gasteiger partial charge in [-0.3, -0.25) is 9.89 Å². The number of ether oxygens (including phenoxy) is 3. The van der Waals surface area contributed by atoms with Crippen molar-refractivity contribution >= 4 is 5.91 Å². The molecule has 2 aliphatic rings. The minimum atomic E-state index is -0.165. The van der Waals surface area contributed by atoms with E-state index in [0.29, 0.717) is 35.2 Å². The Morgan fingerprint density at radius 1 is 1.36 bits per heavy atom. The zero-order chi connectivity index (χ0) is 17.2. The van der Waals surface area contributed by atoms with Crippen LogP contribution in [0.4, 0.5) is 0 Å². The number of amides is 1. The Balaban J connectivity index is 1.39. The predicted molar refractivity (Wildman–Crippen MR) is 86.6 cm³/mol. The summed E-state index contributed by atoms with van der Waals surface area (Å²) >= 11 is 0. The average molecular weight is 345 g/mol. The molecule has 4 rings (SSSR count). The molecular formula is C17H19N3O5. The number of hydrogen-bond acceptors (Lipinski definition) is 6. The fourth-order valence-corrected chi connectivity index (χ4v) is 3.11. The van der Waals surface area contributed by atoms with Crippen LogP contribution in [0.3, 0.4) is 0 Å². The molecule has 1 atom stereocenters. The highest BCUT2D eigenvalue weighted by molar-refractivity contribution is 5.92. The number of aliphatic hydroxyl groups is 1. The van der Waals surface area contributed by atoms with E-state index in [1.807, 2.05) is 0 Å². The largest absolute Gasteiger partial charge is 0.487 e. The minimum absolute atomic E-state index is 0.0176. The van der Waals surface area contributed by atoms with Crippen LogP contribution in [0, 0.1) is 0 Å². The highest BCUT2D eigenvalue weighted by Crippen LogP contribution is 2.35. The zero-order valence-electron chi connectivity index (χ0n) is 13.6. The molecule has 0 aliphatic carbocycles. The van der Waals surface area contributed by atoms with Gasteiger partial charge in [0.1, 0.15) is 12.4 Å². The van der Waals surface area contributed by atoms with Gasteiger partial charge in [-0.05, 0) is 31.0 Å². The SMILES string of the molecule is O=C(c1cc(COc2ccc3c(c2)OCO3)[nH]n1)N1CCC[C@H]1CO. The van der Waals surface area contributed by atoms with Gasteiger partial charge in [-0.15, -0.1) is 0 Å². The van der Waals surface area contributed by atoms with Crippen LogP contribution >= 0.6 is 0 Å². The van der Waals surface area contributed by atoms with Crippen molar-refractivity contribution in [2.45, 2.75) is 25.5 Å². The van der Waals surface area contributed by atoms with Gasteiger partial charge in [0.2, 0.25) is 6.79 Å². The molecule has 0 unspecified atom stereocenters. The molecule has 1 aromatic heterocycles. The van der Waals surface area contributed by atoms with Crippen molar-refractivity contribution in [2.75, 3.05) is 19.9 Å². The van der Waals surface area contributed by atoms with Crippen LogP contribution in [0.5, 0.6) is 17.2 Å². The summed E-state index contributed by atoms with van der Waals surface area (Å²) in [6.07, 6.45) is 1.73. The molecule has 2 aliphatic heterocycles. The highest BCUT2D eigenvalue weighted by atomic mass is 16.7. The Hall–Kier alpha value is -2.74. The van der Waals surface area contributed by atoms with Crippen LogP contribution < -0.4 is 14.2 Å². The molecule has 1 fully saturated rings. The number of aromatic nitrogens is 2. The third-order valence-corrected chi connectivity index (χ3v) is 4.44. The summed E-state index contributed by atoms with van der Waals surface area (Å²) in [7, 11) is 0. The normalized spacial score (nSPS) is 18.6. The fraction of sp³-hybridized carbons (Fsp3) is 0.412. The second-order valence-electron chi connectivity index (χ2n) is 6.06. The number of hydrogen-bond donors (Lipinski definition) is 2. The minimum Gasteiger partial charge on any atom is -0.487 e. The van der Waals surface area contributed by atoms with Crippen LogP contribution in [-0.4, -0.2) is 52.1 Å². The van der Waals surface area contributed by atoms with Crippen molar-refractivity contribution in [3.05, 3.63) is 35.7 Å². The van der Waals surface area contributed by atoms with Crippen molar-refractivity contribution in [1.29, 1.82) is 0 Å². The molecule has 1 aromatic carbocycles. The maximum Gasteiger partial charge on any atom is 0.274 e. The van der Waals surface area contributed by atoms with Crippen LogP contribution in [0.2, 0.25) is 0 Å². The number of fused-ring (bicyclic) bond motifs is 1. The van der Waals surface area contributed by atoms with E-state index in [0.717, 1.165) is 12.8 Å². The smallest absolute Gasteiger partial charge is 0.274 e. The molecule has 0 saturated carbocycles. The van der Waals surface area contributed by atoms with E-state index in [1.54, 1.807) is 29.2 Å². The Bertz CT molecular complexity index is 775. The molecule has 0 bridgehead atoms. The number of nitrogens with one attached hydrogen (secondary N) is 1. The van der Waals surface area contributed by atoms with Gasteiger partial charge < -0.3 is 24.2 Å². The summed E-state index contributed by atoms with van der Waals surface area (Å²) in [5, 5.41) is 16.3. The van der Waals surface area contributed by atoms with E-state index in [9.17, 15) is 9.90 Å². The van der Waals surface area contributed by atoms with Crippen LogP contribution in [0.15, 0.2) is 24.3 Å².